The van der Waals surface area contributed by atoms with Crippen molar-refractivity contribution in [1.29, 1.82) is 0 Å². The van der Waals surface area contributed by atoms with Crippen molar-refractivity contribution in [2.45, 2.75) is 0 Å². The fourth-order valence-electron chi connectivity index (χ4n) is 3.06. The molecule has 5 aromatic rings. The van der Waals surface area contributed by atoms with Crippen molar-refractivity contribution < 1.29 is 18.3 Å². The van der Waals surface area contributed by atoms with Gasteiger partial charge in [-0.05, 0) is 30.3 Å². The first-order valence-corrected chi connectivity index (χ1v) is 9.66. The summed E-state index contributed by atoms with van der Waals surface area (Å²) in [5.74, 6) is 0.565. The normalized spacial score (nSPS) is 11.0. The number of aromatic nitrogens is 6. The average Bonchev–Trinajstić information content (AvgIpc) is 3.56. The van der Waals surface area contributed by atoms with E-state index in [4.69, 9.17) is 9.15 Å². The molecular weight excluding hydrogens is 417 g/mol. The van der Waals surface area contributed by atoms with Crippen LogP contribution < -0.4 is 10.1 Å². The molecule has 0 aliphatic heterocycles. The molecule has 0 spiro atoms. The van der Waals surface area contributed by atoms with Crippen LogP contribution in [0.15, 0.2) is 65.3 Å². The topological polar surface area (TPSA) is 123 Å². The summed E-state index contributed by atoms with van der Waals surface area (Å²) in [7, 11) is 0. The molecule has 32 heavy (non-hydrogen) atoms. The number of fused-ring (bicyclic) bond motifs is 1. The quantitative estimate of drug-likeness (QED) is 0.378. The molecule has 160 valence electrons. The number of furan rings is 1. The van der Waals surface area contributed by atoms with Gasteiger partial charge >= 0.3 is 0 Å². The zero-order valence-electron chi connectivity index (χ0n) is 16.5. The Morgan fingerprint density at radius 1 is 1.16 bits per heavy atom. The summed E-state index contributed by atoms with van der Waals surface area (Å²) in [5.41, 5.74) is 1.88. The highest BCUT2D eigenvalue weighted by Crippen LogP contribution is 2.20. The van der Waals surface area contributed by atoms with E-state index in [0.717, 1.165) is 0 Å². The number of carbonyl (C=O) groups is 1. The van der Waals surface area contributed by atoms with Gasteiger partial charge in [0, 0.05) is 17.7 Å². The third-order valence-corrected chi connectivity index (χ3v) is 4.56. The molecule has 4 heterocycles. The van der Waals surface area contributed by atoms with Crippen LogP contribution in [-0.4, -0.2) is 49.1 Å². The van der Waals surface area contributed by atoms with Crippen molar-refractivity contribution >= 4 is 11.6 Å². The van der Waals surface area contributed by atoms with Crippen molar-refractivity contribution in [3.63, 3.8) is 0 Å². The number of benzene rings is 1. The lowest BCUT2D eigenvalue weighted by molar-refractivity contribution is 0.0941. The third-order valence-electron chi connectivity index (χ3n) is 4.56. The van der Waals surface area contributed by atoms with Gasteiger partial charge < -0.3 is 14.5 Å². The molecule has 0 aliphatic carbocycles. The number of halogens is 1. The number of amides is 1. The maximum Gasteiger partial charge on any atom is 0.271 e. The minimum absolute atomic E-state index is 0.178. The van der Waals surface area contributed by atoms with Gasteiger partial charge in [-0.15, -0.1) is 15.3 Å². The Hall–Kier alpha value is -4.54. The molecule has 5 rings (SSSR count). The summed E-state index contributed by atoms with van der Waals surface area (Å²) in [5, 5.41) is 21.9. The molecule has 0 atom stereocenters. The number of hydrogen-bond donors (Lipinski definition) is 2. The summed E-state index contributed by atoms with van der Waals surface area (Å²) < 4.78 is 25.9. The minimum atomic E-state index is -0.379. The monoisotopic (exact) mass is 433 g/mol. The lowest BCUT2D eigenvalue weighted by atomic mass is 10.2. The molecule has 0 bridgehead atoms. The molecule has 0 unspecified atom stereocenters. The van der Waals surface area contributed by atoms with Crippen molar-refractivity contribution in [1.82, 2.24) is 35.3 Å². The van der Waals surface area contributed by atoms with Crippen LogP contribution >= 0.6 is 0 Å². The van der Waals surface area contributed by atoms with Gasteiger partial charge in [0.2, 0.25) is 5.88 Å². The highest BCUT2D eigenvalue weighted by atomic mass is 19.1. The molecule has 0 saturated carbocycles. The number of nitrogens with zero attached hydrogens (tertiary/aromatic N) is 5. The first-order valence-electron chi connectivity index (χ1n) is 9.66. The molecule has 4 aromatic heterocycles. The van der Waals surface area contributed by atoms with Crippen molar-refractivity contribution in [2.24, 2.45) is 0 Å². The smallest absolute Gasteiger partial charge is 0.271 e. The van der Waals surface area contributed by atoms with E-state index in [-0.39, 0.29) is 30.6 Å². The second kappa shape index (κ2) is 8.30. The first-order chi connectivity index (χ1) is 15.7. The molecule has 2 N–H and O–H groups in total. The van der Waals surface area contributed by atoms with Crippen LogP contribution in [0.4, 0.5) is 4.39 Å². The third kappa shape index (κ3) is 3.90. The molecule has 0 fully saturated rings. The van der Waals surface area contributed by atoms with Crippen LogP contribution in [0.5, 0.6) is 5.88 Å². The fraction of sp³-hybridized carbons (Fsp3) is 0.0952. The maximum absolute atomic E-state index is 13.6. The first kappa shape index (κ1) is 19.4. The number of H-pyrrole nitrogens is 1. The van der Waals surface area contributed by atoms with Crippen LogP contribution in [0, 0.1) is 5.82 Å². The number of hydrogen-bond acceptors (Lipinski definition) is 7. The average molecular weight is 433 g/mol. The summed E-state index contributed by atoms with van der Waals surface area (Å²) in [4.78, 5) is 12.3. The highest BCUT2D eigenvalue weighted by Gasteiger charge is 2.13. The standard InChI is InChI=1S/C21H16FN7O3/c22-14-4-1-3-13(11-14)20-27-26-18-6-7-19(28-29(18)20)32-10-8-23-21(30)16-12-15(24-25-16)17-5-2-9-31-17/h1-7,9,11-12H,8,10H2,(H,23,30)(H,24,25). The predicted molar refractivity (Wildman–Crippen MR) is 110 cm³/mol. The lowest BCUT2D eigenvalue weighted by Gasteiger charge is -2.07. The molecule has 0 radical (unpaired) electrons. The zero-order valence-corrected chi connectivity index (χ0v) is 16.5. The Bertz CT molecular complexity index is 1380. The Labute approximate surface area is 180 Å². The van der Waals surface area contributed by atoms with Gasteiger partial charge in [-0.1, -0.05) is 12.1 Å². The van der Waals surface area contributed by atoms with Crippen molar-refractivity contribution in [3.05, 3.63) is 72.4 Å². The molecular formula is C21H16FN7O3. The zero-order chi connectivity index (χ0) is 21.9. The molecule has 10 nitrogen and oxygen atoms in total. The fourth-order valence-corrected chi connectivity index (χ4v) is 3.06. The van der Waals surface area contributed by atoms with Gasteiger partial charge in [0.15, 0.2) is 22.9 Å². The number of carbonyl (C=O) groups excluding carboxylic acids is 1. The van der Waals surface area contributed by atoms with Gasteiger partial charge in [-0.3, -0.25) is 9.89 Å². The molecule has 11 heteroatoms. The van der Waals surface area contributed by atoms with E-state index in [0.29, 0.717) is 34.4 Å². The van der Waals surface area contributed by atoms with Crippen molar-refractivity contribution in [3.8, 4) is 28.7 Å². The Morgan fingerprint density at radius 2 is 2.09 bits per heavy atom. The van der Waals surface area contributed by atoms with E-state index in [1.54, 1.807) is 48.7 Å². The maximum atomic E-state index is 13.6. The van der Waals surface area contributed by atoms with E-state index in [1.165, 1.54) is 16.6 Å². The lowest BCUT2D eigenvalue weighted by Crippen LogP contribution is -2.28. The minimum Gasteiger partial charge on any atom is -0.475 e. The molecule has 1 aromatic carbocycles. The molecule has 1 amide bonds. The summed E-state index contributed by atoms with van der Waals surface area (Å²) >= 11 is 0. The van der Waals surface area contributed by atoms with E-state index >= 15 is 0 Å². The Kier molecular flexibility index (Phi) is 5.04. The second-order valence-electron chi connectivity index (χ2n) is 6.72. The Balaban J connectivity index is 1.20. The largest absolute Gasteiger partial charge is 0.475 e. The van der Waals surface area contributed by atoms with Crippen LogP contribution in [0.3, 0.4) is 0 Å². The van der Waals surface area contributed by atoms with E-state index in [2.05, 4.69) is 30.8 Å². The summed E-state index contributed by atoms with van der Waals surface area (Å²) in [6.45, 7) is 0.414. The summed E-state index contributed by atoms with van der Waals surface area (Å²) in [6, 6.07) is 14.5. The van der Waals surface area contributed by atoms with Gasteiger partial charge in [0.25, 0.3) is 5.91 Å². The number of aromatic amines is 1. The van der Waals surface area contributed by atoms with Gasteiger partial charge in [-0.25, -0.2) is 4.39 Å². The van der Waals surface area contributed by atoms with Crippen molar-refractivity contribution in [2.75, 3.05) is 13.2 Å². The van der Waals surface area contributed by atoms with Crippen LogP contribution in [-0.2, 0) is 0 Å². The van der Waals surface area contributed by atoms with E-state index in [1.807, 2.05) is 0 Å². The number of ether oxygens (including phenoxy) is 1. The van der Waals surface area contributed by atoms with Crippen LogP contribution in [0.25, 0.3) is 28.5 Å². The predicted octanol–water partition coefficient (Wildman–Crippen LogP) is 2.72. The second-order valence-corrected chi connectivity index (χ2v) is 6.72. The van der Waals surface area contributed by atoms with Gasteiger partial charge in [0.05, 0.1) is 12.8 Å². The highest BCUT2D eigenvalue weighted by molar-refractivity contribution is 5.93. The SMILES string of the molecule is O=C(NCCOc1ccc2nnc(-c3cccc(F)c3)n2n1)c1cc(-c2ccco2)[nH]n1. The molecule has 0 aliphatic rings. The van der Waals surface area contributed by atoms with Crippen LogP contribution in [0.1, 0.15) is 10.5 Å². The van der Waals surface area contributed by atoms with Gasteiger partial charge in [-0.2, -0.15) is 9.61 Å². The number of rotatable bonds is 7. The van der Waals surface area contributed by atoms with E-state index < -0.39 is 0 Å². The Morgan fingerprint density at radius 3 is 2.94 bits per heavy atom. The summed E-state index contributed by atoms with van der Waals surface area (Å²) in [6.07, 6.45) is 1.54. The van der Waals surface area contributed by atoms with Gasteiger partial charge in [0.1, 0.15) is 18.1 Å². The van der Waals surface area contributed by atoms with Crippen LogP contribution in [0.2, 0.25) is 0 Å². The number of nitrogens with one attached hydrogen (secondary N) is 2. The molecule has 0 saturated heterocycles. The van der Waals surface area contributed by atoms with E-state index in [9.17, 15) is 9.18 Å².